The van der Waals surface area contributed by atoms with E-state index in [1.807, 2.05) is 0 Å². The lowest BCUT2D eigenvalue weighted by molar-refractivity contribution is -0.136. The molecule has 0 saturated heterocycles. The van der Waals surface area contributed by atoms with Gasteiger partial charge in [0.2, 0.25) is 15.9 Å². The van der Waals surface area contributed by atoms with Crippen molar-refractivity contribution in [3.05, 3.63) is 18.6 Å². The number of sulfonamides is 1. The van der Waals surface area contributed by atoms with Gasteiger partial charge in [0.25, 0.3) is 0 Å². The van der Waals surface area contributed by atoms with Crippen molar-refractivity contribution in [3.8, 4) is 0 Å². The van der Waals surface area contributed by atoms with Crippen LogP contribution in [0.25, 0.3) is 0 Å². The maximum atomic E-state index is 11.8. The molecule has 0 saturated carbocycles. The molecular formula is C12H20N4O5S. The molecule has 124 valence electrons. The summed E-state index contributed by atoms with van der Waals surface area (Å²) >= 11 is 0. The van der Waals surface area contributed by atoms with Crippen LogP contribution in [-0.4, -0.2) is 59.5 Å². The van der Waals surface area contributed by atoms with E-state index in [1.165, 1.54) is 32.4 Å². The summed E-state index contributed by atoms with van der Waals surface area (Å²) < 4.78 is 25.8. The van der Waals surface area contributed by atoms with Crippen molar-refractivity contribution in [2.75, 3.05) is 23.6 Å². The van der Waals surface area contributed by atoms with Crippen LogP contribution in [0.2, 0.25) is 0 Å². The van der Waals surface area contributed by atoms with E-state index in [-0.39, 0.29) is 24.7 Å². The summed E-state index contributed by atoms with van der Waals surface area (Å²) in [6.07, 6.45) is 2.56. The molecule has 9 nitrogen and oxygen atoms in total. The Balaban J connectivity index is 2.48. The highest BCUT2D eigenvalue weighted by Gasteiger charge is 2.32. The molecule has 1 heterocycles. The molecule has 0 radical (unpaired) electrons. The molecule has 22 heavy (non-hydrogen) atoms. The normalized spacial score (nSPS) is 13.5. The average molecular weight is 332 g/mol. The van der Waals surface area contributed by atoms with E-state index in [1.54, 1.807) is 0 Å². The predicted molar refractivity (Wildman–Crippen MR) is 79.3 cm³/mol. The van der Waals surface area contributed by atoms with Crippen LogP contribution in [0.1, 0.15) is 13.8 Å². The van der Waals surface area contributed by atoms with Gasteiger partial charge in [0.1, 0.15) is 6.10 Å². The van der Waals surface area contributed by atoms with Gasteiger partial charge in [0.05, 0.1) is 18.6 Å². The number of hydrogen-bond acceptors (Lipinski definition) is 7. The summed E-state index contributed by atoms with van der Waals surface area (Å²) in [4.78, 5) is 19.2. The van der Waals surface area contributed by atoms with Crippen LogP contribution in [0.3, 0.4) is 0 Å². The number of nitrogens with one attached hydrogen (secondary N) is 2. The average Bonchev–Trinajstić information content (AvgIpc) is 2.46. The fraction of sp³-hybridized carbons (Fsp3) is 0.583. The summed E-state index contributed by atoms with van der Waals surface area (Å²) in [7, 11) is -3.70. The number of aliphatic hydroxyl groups excluding tert-OH is 2. The number of amides is 1. The fourth-order valence-corrected chi connectivity index (χ4v) is 2.31. The summed E-state index contributed by atoms with van der Waals surface area (Å²) in [6, 6.07) is 0. The number of carbonyl (C=O) groups is 1. The van der Waals surface area contributed by atoms with Gasteiger partial charge in [-0.05, 0) is 0 Å². The molecule has 0 aromatic carbocycles. The second-order valence-electron chi connectivity index (χ2n) is 5.35. The highest BCUT2D eigenvalue weighted by atomic mass is 32.2. The SMILES string of the molecule is CC(C)(CO)C(O)C(=O)NCCS(=O)(=O)Nc1cnccn1. The van der Waals surface area contributed by atoms with E-state index in [0.717, 1.165) is 0 Å². The number of aromatic nitrogens is 2. The Morgan fingerprint density at radius 1 is 1.41 bits per heavy atom. The Kier molecular flexibility index (Phi) is 6.21. The Morgan fingerprint density at radius 2 is 2.09 bits per heavy atom. The molecule has 1 aromatic heterocycles. The summed E-state index contributed by atoms with van der Waals surface area (Å²) in [5.74, 6) is -1.05. The van der Waals surface area contributed by atoms with Gasteiger partial charge >= 0.3 is 0 Å². The number of aliphatic hydroxyl groups is 2. The van der Waals surface area contributed by atoms with Crippen molar-refractivity contribution in [2.45, 2.75) is 20.0 Å². The number of rotatable bonds is 8. The highest BCUT2D eigenvalue weighted by molar-refractivity contribution is 7.92. The Hall–Kier alpha value is -1.78. The third-order valence-corrected chi connectivity index (χ3v) is 4.15. The molecule has 1 rings (SSSR count). The van der Waals surface area contributed by atoms with E-state index in [9.17, 15) is 18.3 Å². The van der Waals surface area contributed by atoms with E-state index in [2.05, 4.69) is 20.0 Å². The van der Waals surface area contributed by atoms with Crippen LogP contribution in [-0.2, 0) is 14.8 Å². The second-order valence-corrected chi connectivity index (χ2v) is 7.19. The largest absolute Gasteiger partial charge is 0.396 e. The van der Waals surface area contributed by atoms with Gasteiger partial charge in [0.15, 0.2) is 5.82 Å². The number of nitrogens with zero attached hydrogens (tertiary/aromatic N) is 2. The van der Waals surface area contributed by atoms with Gasteiger partial charge in [0, 0.05) is 24.4 Å². The lowest BCUT2D eigenvalue weighted by Crippen LogP contribution is -2.46. The maximum Gasteiger partial charge on any atom is 0.249 e. The van der Waals surface area contributed by atoms with Crippen LogP contribution in [0, 0.1) is 5.41 Å². The van der Waals surface area contributed by atoms with Crippen molar-refractivity contribution < 1.29 is 23.4 Å². The minimum atomic E-state index is -3.70. The van der Waals surface area contributed by atoms with Gasteiger partial charge < -0.3 is 15.5 Å². The standard InChI is InChI=1S/C12H20N4O5S/c1-12(2,8-17)10(18)11(19)15-5-6-22(20,21)16-9-7-13-3-4-14-9/h3-4,7,10,17-18H,5-6,8H2,1-2H3,(H,14,16)(H,15,19). The molecule has 1 atom stereocenters. The zero-order chi connectivity index (χ0) is 16.8. The molecule has 1 unspecified atom stereocenters. The monoisotopic (exact) mass is 332 g/mol. The van der Waals surface area contributed by atoms with Crippen LogP contribution in [0.4, 0.5) is 5.82 Å². The smallest absolute Gasteiger partial charge is 0.249 e. The van der Waals surface area contributed by atoms with E-state index < -0.39 is 27.4 Å². The summed E-state index contributed by atoms with van der Waals surface area (Å²) in [5, 5.41) is 21.1. The lowest BCUT2D eigenvalue weighted by atomic mass is 9.87. The minimum absolute atomic E-state index is 0.0790. The van der Waals surface area contributed by atoms with Crippen molar-refractivity contribution in [1.82, 2.24) is 15.3 Å². The number of carbonyl (C=O) groups excluding carboxylic acids is 1. The molecule has 0 spiro atoms. The first-order chi connectivity index (χ1) is 10.2. The first-order valence-corrected chi connectivity index (χ1v) is 8.16. The van der Waals surface area contributed by atoms with Crippen molar-refractivity contribution in [2.24, 2.45) is 5.41 Å². The Bertz CT molecular complexity index is 591. The molecule has 4 N–H and O–H groups in total. The lowest BCUT2D eigenvalue weighted by Gasteiger charge is -2.27. The molecule has 0 fully saturated rings. The van der Waals surface area contributed by atoms with Gasteiger partial charge in [-0.2, -0.15) is 0 Å². The molecular weight excluding hydrogens is 312 g/mol. The molecule has 1 amide bonds. The Morgan fingerprint density at radius 3 is 2.64 bits per heavy atom. The van der Waals surface area contributed by atoms with Crippen LogP contribution < -0.4 is 10.0 Å². The first kappa shape index (κ1) is 18.3. The number of anilines is 1. The second kappa shape index (κ2) is 7.47. The molecule has 0 aliphatic rings. The van der Waals surface area contributed by atoms with Gasteiger partial charge in [-0.3, -0.25) is 14.5 Å². The Labute approximate surface area is 128 Å². The van der Waals surface area contributed by atoms with Crippen LogP contribution >= 0.6 is 0 Å². The van der Waals surface area contributed by atoms with E-state index >= 15 is 0 Å². The summed E-state index contributed by atoms with van der Waals surface area (Å²) in [6.45, 7) is 2.47. The third-order valence-electron chi connectivity index (χ3n) is 2.89. The topological polar surface area (TPSA) is 142 Å². The molecule has 0 bridgehead atoms. The minimum Gasteiger partial charge on any atom is -0.396 e. The maximum absolute atomic E-state index is 11.8. The predicted octanol–water partition coefficient (Wildman–Crippen LogP) is -1.29. The molecule has 10 heteroatoms. The van der Waals surface area contributed by atoms with Crippen molar-refractivity contribution >= 4 is 21.7 Å². The van der Waals surface area contributed by atoms with Gasteiger partial charge in [-0.25, -0.2) is 13.4 Å². The first-order valence-electron chi connectivity index (χ1n) is 6.51. The zero-order valence-electron chi connectivity index (χ0n) is 12.4. The van der Waals surface area contributed by atoms with Crippen LogP contribution in [0.15, 0.2) is 18.6 Å². The molecule has 0 aliphatic heterocycles. The van der Waals surface area contributed by atoms with Gasteiger partial charge in [-0.1, -0.05) is 13.8 Å². The summed E-state index contributed by atoms with van der Waals surface area (Å²) in [5.41, 5.74) is -1.01. The quantitative estimate of drug-likeness (QED) is 0.464. The molecule has 0 aliphatic carbocycles. The highest BCUT2D eigenvalue weighted by Crippen LogP contribution is 2.19. The molecule has 1 aromatic rings. The fourth-order valence-electron chi connectivity index (χ4n) is 1.41. The van der Waals surface area contributed by atoms with Crippen molar-refractivity contribution in [3.63, 3.8) is 0 Å². The zero-order valence-corrected chi connectivity index (χ0v) is 13.2. The number of hydrogen-bond donors (Lipinski definition) is 4. The van der Waals surface area contributed by atoms with E-state index in [0.29, 0.717) is 0 Å². The van der Waals surface area contributed by atoms with E-state index in [4.69, 9.17) is 5.11 Å². The third kappa shape index (κ3) is 5.54. The van der Waals surface area contributed by atoms with Crippen LogP contribution in [0.5, 0.6) is 0 Å². The van der Waals surface area contributed by atoms with Gasteiger partial charge in [-0.15, -0.1) is 0 Å². The van der Waals surface area contributed by atoms with Crippen molar-refractivity contribution in [1.29, 1.82) is 0 Å².